The molecule has 3 fully saturated rings. The molecule has 1 amide bonds. The van der Waals surface area contributed by atoms with Gasteiger partial charge in [-0.25, -0.2) is 28.4 Å². The number of benzene rings is 3. The number of hydrogen-bond donors (Lipinski definition) is 5. The van der Waals surface area contributed by atoms with Crippen LogP contribution in [0.15, 0.2) is 64.5 Å². The fraction of sp³-hybridized carbons (Fsp3) is 0.368. The van der Waals surface area contributed by atoms with Crippen molar-refractivity contribution in [2.75, 3.05) is 68.4 Å². The van der Waals surface area contributed by atoms with E-state index in [9.17, 15) is 29.1 Å². The maximum absolute atomic E-state index is 17.5. The average Bonchev–Trinajstić information content (AvgIpc) is 3.07. The molecule has 0 bridgehead atoms. The first-order valence-electron chi connectivity index (χ1n) is 26.8. The molecule has 4 aliphatic heterocycles. The van der Waals surface area contributed by atoms with Crippen LogP contribution in [0.1, 0.15) is 68.7 Å². The van der Waals surface area contributed by atoms with E-state index in [1.165, 1.54) is 22.8 Å². The third-order valence-electron chi connectivity index (χ3n) is 16.6. The van der Waals surface area contributed by atoms with Crippen molar-refractivity contribution in [1.29, 1.82) is 5.26 Å². The summed E-state index contributed by atoms with van der Waals surface area (Å²) in [6.45, 7) is 10.3. The van der Waals surface area contributed by atoms with E-state index < -0.39 is 52.3 Å². The molecule has 0 radical (unpaired) electrons. The number of carbonyl (C=O) groups excluding carboxylic acids is 2. The molecule has 4 unspecified atom stereocenters. The first-order valence-corrected chi connectivity index (χ1v) is 28.0. The summed E-state index contributed by atoms with van der Waals surface area (Å²) >= 11 is 7.84. The van der Waals surface area contributed by atoms with Gasteiger partial charge in [-0.3, -0.25) is 24.3 Å². The normalized spacial score (nSPS) is 19.4. The Balaban J connectivity index is 0.797. The van der Waals surface area contributed by atoms with E-state index in [-0.39, 0.29) is 161 Å². The maximum atomic E-state index is 17.5. The smallest absolute Gasteiger partial charge is 0.319 e. The molecule has 8 N–H and O–H groups in total. The second-order valence-corrected chi connectivity index (χ2v) is 23.1. The number of nitrogens with zero attached hydrogens (tertiary/aromatic N) is 10. The number of halogens is 5. The summed E-state index contributed by atoms with van der Waals surface area (Å²) in [6.07, 6.45) is 1.04. The molecular formula is C57H57ClF4N14O6S. The lowest BCUT2D eigenvalue weighted by Crippen LogP contribution is -2.55. The Hall–Kier alpha value is -8.15. The Kier molecular flexibility index (Phi) is 14.9. The molecule has 7 aromatic rings. The van der Waals surface area contributed by atoms with Gasteiger partial charge in [0.15, 0.2) is 11.7 Å². The first kappa shape index (κ1) is 56.7. The van der Waals surface area contributed by atoms with Crippen molar-refractivity contribution >= 4 is 89.6 Å². The minimum Gasteiger partial charge on any atom is -0.463 e. The highest BCUT2D eigenvalue weighted by molar-refractivity contribution is 7.23. The van der Waals surface area contributed by atoms with Crippen LogP contribution >= 0.6 is 22.9 Å². The second-order valence-electron chi connectivity index (χ2n) is 21.7. The Bertz CT molecular complexity index is 4010. The molecular weight excluding hydrogens is 1120 g/mol. The van der Waals surface area contributed by atoms with Crippen LogP contribution in [0.2, 0.25) is 5.02 Å². The molecule has 3 saturated heterocycles. The monoisotopic (exact) mass is 1180 g/mol. The molecule has 4 aliphatic rings. The summed E-state index contributed by atoms with van der Waals surface area (Å²) in [5, 5.41) is 30.0. The van der Waals surface area contributed by atoms with Crippen molar-refractivity contribution in [1.82, 2.24) is 34.3 Å². The number of alkyl halides is 1. The van der Waals surface area contributed by atoms with E-state index in [4.69, 9.17) is 48.5 Å². The number of nitrogen functional groups attached to an aromatic ring is 1. The number of rotatable bonds is 16. The topological polar surface area (TPSA) is 273 Å². The lowest BCUT2D eigenvalue weighted by Gasteiger charge is -2.41. The minimum atomic E-state index is -1.42. The summed E-state index contributed by atoms with van der Waals surface area (Å²) in [5.41, 5.74) is 5.84. The Labute approximate surface area is 481 Å². The number of hydrogen-bond acceptors (Lipinski definition) is 18. The van der Waals surface area contributed by atoms with Crippen LogP contribution in [0.3, 0.4) is 0 Å². The van der Waals surface area contributed by atoms with Crippen LogP contribution in [0, 0.1) is 28.8 Å². The minimum absolute atomic E-state index is 0.0229. The Morgan fingerprint density at radius 1 is 1.14 bits per heavy atom. The number of aromatic nitrogens is 4. The predicted octanol–water partition coefficient (Wildman–Crippen LogP) is 7.17. The Morgan fingerprint density at radius 2 is 1.94 bits per heavy atom. The number of hydrazone groups is 1. The lowest BCUT2D eigenvalue weighted by molar-refractivity contribution is -0.130. The van der Waals surface area contributed by atoms with Gasteiger partial charge in [0.05, 0.1) is 74.2 Å². The standard InChI is InChI=1S/C57H57ClF4N14O6S/c1-5-56(4,80)37-16-43-48-31(23-75(43)54(79)36(37)25-81-27-77)13-30-14-42(40(61)17-41(30)68-48)67-20-44(71-65)76(66)21-28(2)53(78)72-11-12-74(29(3)22-72)52-34-15-38(58)46(33-7-8-39(60)50-45(33)35(19-63)51(64)83-50)47(62)49(34)69-55(70-52)82-26-57-9-6-10-73(57)24-32(59)18-57/h7-8,13-17,27,29,32,67,80H,2,5-6,9-12,18,20-26,64-66H2,1,3-4H3/b71-44-. The number of amidine groups is 1. The zero-order chi connectivity index (χ0) is 59.0. The molecule has 4 atom stereocenters. The van der Waals surface area contributed by atoms with Crippen molar-refractivity contribution in [3.8, 4) is 34.6 Å². The van der Waals surface area contributed by atoms with Gasteiger partial charge in [0.1, 0.15) is 53.4 Å². The van der Waals surface area contributed by atoms with Crippen molar-refractivity contribution in [2.45, 2.75) is 83.0 Å². The number of pyridine rings is 2. The molecule has 26 heteroatoms. The number of fused-ring (bicyclic) bond motifs is 7. The van der Waals surface area contributed by atoms with Gasteiger partial charge < -0.3 is 45.8 Å². The van der Waals surface area contributed by atoms with E-state index in [0.29, 0.717) is 46.4 Å². The fourth-order valence-electron chi connectivity index (χ4n) is 12.1. The summed E-state index contributed by atoms with van der Waals surface area (Å²) in [7, 11) is 0. The van der Waals surface area contributed by atoms with Gasteiger partial charge in [0.25, 0.3) is 17.9 Å². The first-order chi connectivity index (χ1) is 39.7. The lowest BCUT2D eigenvalue weighted by atomic mass is 9.89. The highest BCUT2D eigenvalue weighted by Gasteiger charge is 2.49. The molecule has 83 heavy (non-hydrogen) atoms. The molecule has 0 spiro atoms. The maximum Gasteiger partial charge on any atom is 0.319 e. The summed E-state index contributed by atoms with van der Waals surface area (Å²) in [4.78, 5) is 58.7. The molecule has 0 aliphatic carbocycles. The number of anilines is 3. The molecule has 432 valence electrons. The quantitative estimate of drug-likeness (QED) is 0.0122. The van der Waals surface area contributed by atoms with Gasteiger partial charge in [0, 0.05) is 77.6 Å². The van der Waals surface area contributed by atoms with Gasteiger partial charge in [-0.2, -0.15) is 20.3 Å². The molecule has 4 aromatic heterocycles. The number of amides is 1. The van der Waals surface area contributed by atoms with E-state index in [0.717, 1.165) is 28.8 Å². The number of piperazine rings is 1. The Morgan fingerprint density at radius 3 is 2.67 bits per heavy atom. The van der Waals surface area contributed by atoms with Gasteiger partial charge in [-0.05, 0) is 81.1 Å². The molecule has 20 nitrogen and oxygen atoms in total. The fourth-order valence-corrected chi connectivity index (χ4v) is 13.4. The molecule has 0 saturated carbocycles. The highest BCUT2D eigenvalue weighted by Crippen LogP contribution is 2.47. The van der Waals surface area contributed by atoms with Crippen LogP contribution in [0.25, 0.3) is 54.4 Å². The van der Waals surface area contributed by atoms with Gasteiger partial charge in [-0.1, -0.05) is 31.2 Å². The number of aliphatic hydroxyl groups is 1. The third-order valence-corrected chi connectivity index (χ3v) is 17.9. The summed E-state index contributed by atoms with van der Waals surface area (Å²) < 4.78 is 76.2. The number of nitrogens with one attached hydrogen (secondary N) is 1. The largest absolute Gasteiger partial charge is 0.463 e. The SMILES string of the molecule is C=C(CN(N)/C(CNc1cc2cc3c(nc2cc1F)-c1cc(C(C)(O)CC)c(COC=O)c(=O)n1C3)=N\N)C(=O)N1CCN(c2nc(OCC34CCCN3CC(F)C4)nc3c(F)c(-c4ccc(F)c5sc(N)c(C#N)c45)c(Cl)cc23)C(C)C1. The van der Waals surface area contributed by atoms with E-state index >= 15 is 13.2 Å². The summed E-state index contributed by atoms with van der Waals surface area (Å²) in [5.74, 6) is 9.89. The van der Waals surface area contributed by atoms with Crippen molar-refractivity contribution in [2.24, 2.45) is 16.8 Å². The van der Waals surface area contributed by atoms with E-state index in [1.807, 2.05) is 17.9 Å². The number of thiophene rings is 1. The van der Waals surface area contributed by atoms with Crippen LogP contribution in [0.4, 0.5) is 34.1 Å². The van der Waals surface area contributed by atoms with Crippen molar-refractivity contribution in [3.63, 3.8) is 0 Å². The van der Waals surface area contributed by atoms with Crippen molar-refractivity contribution < 1.29 is 41.7 Å². The number of carbonyl (C=O) groups is 2. The van der Waals surface area contributed by atoms with Crippen LogP contribution in [0.5, 0.6) is 6.01 Å². The van der Waals surface area contributed by atoms with Crippen LogP contribution in [-0.2, 0) is 33.1 Å². The molecule has 3 aromatic carbocycles. The van der Waals surface area contributed by atoms with Gasteiger partial charge >= 0.3 is 6.01 Å². The van der Waals surface area contributed by atoms with Crippen molar-refractivity contribution in [3.05, 3.63) is 110 Å². The van der Waals surface area contributed by atoms with Crippen LogP contribution in [-0.4, -0.2) is 128 Å². The molecule has 11 rings (SSSR count). The number of nitriles is 1. The zero-order valence-corrected chi connectivity index (χ0v) is 46.9. The second kappa shape index (κ2) is 21.9. The van der Waals surface area contributed by atoms with Gasteiger partial charge in [0.2, 0.25) is 0 Å². The number of hydrazine groups is 1. The summed E-state index contributed by atoms with van der Waals surface area (Å²) in [6, 6.07) is 11.6. The molecule has 8 heterocycles. The zero-order valence-electron chi connectivity index (χ0n) is 45.4. The van der Waals surface area contributed by atoms with E-state index in [1.54, 1.807) is 36.9 Å². The third kappa shape index (κ3) is 9.94. The number of ether oxygens (including phenoxy) is 2. The predicted molar refractivity (Wildman–Crippen MR) is 308 cm³/mol. The number of nitrogens with two attached hydrogens (primary N) is 3. The van der Waals surface area contributed by atoms with Gasteiger partial charge in [-0.15, -0.1) is 11.3 Å². The average molecular weight is 1180 g/mol. The highest BCUT2D eigenvalue weighted by atomic mass is 35.5. The van der Waals surface area contributed by atoms with Crippen LogP contribution < -0.4 is 37.9 Å². The van der Waals surface area contributed by atoms with E-state index in [2.05, 4.69) is 26.9 Å².